The summed E-state index contributed by atoms with van der Waals surface area (Å²) in [5.74, 6) is -0.453. The predicted octanol–water partition coefficient (Wildman–Crippen LogP) is 3.22. The van der Waals surface area contributed by atoms with E-state index in [2.05, 4.69) is 26.6 Å². The van der Waals surface area contributed by atoms with Gasteiger partial charge in [0.05, 0.1) is 7.11 Å². The number of hydrogen-bond acceptors (Lipinski definition) is 3. The standard InChI is InChI=1S/C14H19BrN2O4/c1-3-4-5-12(13(18)19)17-14(20)16-10-6-9(15)7-11(8-10)21-2/h6-8,12H,3-5H2,1-2H3,(H,18,19)(H2,16,17,20). The minimum Gasteiger partial charge on any atom is -0.497 e. The van der Waals surface area contributed by atoms with Crippen molar-refractivity contribution in [1.82, 2.24) is 5.32 Å². The van der Waals surface area contributed by atoms with Crippen molar-refractivity contribution in [2.75, 3.05) is 12.4 Å². The number of ether oxygens (including phenoxy) is 1. The van der Waals surface area contributed by atoms with Gasteiger partial charge in [0.2, 0.25) is 0 Å². The molecule has 21 heavy (non-hydrogen) atoms. The quantitative estimate of drug-likeness (QED) is 0.698. The van der Waals surface area contributed by atoms with Crippen LogP contribution in [-0.4, -0.2) is 30.3 Å². The number of hydrogen-bond donors (Lipinski definition) is 3. The lowest BCUT2D eigenvalue weighted by molar-refractivity contribution is -0.139. The summed E-state index contributed by atoms with van der Waals surface area (Å²) in [4.78, 5) is 22.9. The second-order valence-electron chi connectivity index (χ2n) is 4.51. The summed E-state index contributed by atoms with van der Waals surface area (Å²) in [5.41, 5.74) is 0.512. The Bertz CT molecular complexity index is 508. The van der Waals surface area contributed by atoms with E-state index in [4.69, 9.17) is 9.84 Å². The van der Waals surface area contributed by atoms with Gasteiger partial charge in [0.1, 0.15) is 11.8 Å². The Morgan fingerprint density at radius 2 is 2.10 bits per heavy atom. The van der Waals surface area contributed by atoms with Crippen molar-refractivity contribution in [3.05, 3.63) is 22.7 Å². The lowest BCUT2D eigenvalue weighted by Gasteiger charge is -2.15. The molecule has 0 aromatic heterocycles. The molecule has 0 radical (unpaired) electrons. The van der Waals surface area contributed by atoms with Gasteiger partial charge >= 0.3 is 12.0 Å². The van der Waals surface area contributed by atoms with Crippen molar-refractivity contribution in [1.29, 1.82) is 0 Å². The highest BCUT2D eigenvalue weighted by Gasteiger charge is 2.19. The molecular formula is C14H19BrN2O4. The van der Waals surface area contributed by atoms with E-state index in [1.807, 2.05) is 6.92 Å². The summed E-state index contributed by atoms with van der Waals surface area (Å²) in [6.45, 7) is 1.97. The van der Waals surface area contributed by atoms with E-state index in [9.17, 15) is 9.59 Å². The van der Waals surface area contributed by atoms with Crippen LogP contribution in [0.15, 0.2) is 22.7 Å². The van der Waals surface area contributed by atoms with Crippen LogP contribution in [0.4, 0.5) is 10.5 Å². The van der Waals surface area contributed by atoms with E-state index in [0.717, 1.165) is 17.3 Å². The highest BCUT2D eigenvalue weighted by atomic mass is 79.9. The molecule has 0 aliphatic heterocycles. The number of amides is 2. The molecule has 0 saturated carbocycles. The van der Waals surface area contributed by atoms with Gasteiger partial charge in [-0.3, -0.25) is 0 Å². The largest absolute Gasteiger partial charge is 0.497 e. The van der Waals surface area contributed by atoms with Gasteiger partial charge in [-0.2, -0.15) is 0 Å². The van der Waals surface area contributed by atoms with E-state index in [1.54, 1.807) is 18.2 Å². The third-order valence-corrected chi connectivity index (χ3v) is 3.27. The lowest BCUT2D eigenvalue weighted by atomic mass is 10.1. The Labute approximate surface area is 132 Å². The van der Waals surface area contributed by atoms with Crippen LogP contribution in [-0.2, 0) is 4.79 Å². The van der Waals surface area contributed by atoms with Crippen LogP contribution >= 0.6 is 15.9 Å². The molecule has 1 atom stereocenters. The number of anilines is 1. The van der Waals surface area contributed by atoms with Gasteiger partial charge in [0.15, 0.2) is 0 Å². The molecule has 0 aliphatic rings. The van der Waals surface area contributed by atoms with Crippen LogP contribution in [0.1, 0.15) is 26.2 Å². The molecule has 0 saturated heterocycles. The number of carbonyl (C=O) groups is 2. The minimum atomic E-state index is -1.04. The molecule has 1 unspecified atom stereocenters. The molecule has 0 spiro atoms. The average Bonchev–Trinajstić information content (AvgIpc) is 2.42. The molecule has 1 rings (SSSR count). The zero-order valence-corrected chi connectivity index (χ0v) is 13.6. The average molecular weight is 359 g/mol. The molecule has 2 amide bonds. The summed E-state index contributed by atoms with van der Waals surface area (Å²) in [5, 5.41) is 14.1. The summed E-state index contributed by atoms with van der Waals surface area (Å²) in [6.07, 6.45) is 2.01. The van der Waals surface area contributed by atoms with E-state index in [-0.39, 0.29) is 0 Å². The zero-order valence-electron chi connectivity index (χ0n) is 12.0. The molecule has 0 heterocycles. The van der Waals surface area contributed by atoms with Crippen LogP contribution in [0.3, 0.4) is 0 Å². The van der Waals surface area contributed by atoms with Crippen molar-refractivity contribution in [3.8, 4) is 5.75 Å². The zero-order chi connectivity index (χ0) is 15.8. The number of rotatable bonds is 7. The molecule has 116 valence electrons. The van der Waals surface area contributed by atoms with Crippen molar-refractivity contribution >= 4 is 33.6 Å². The number of carbonyl (C=O) groups excluding carboxylic acids is 1. The molecule has 0 aliphatic carbocycles. The summed E-state index contributed by atoms with van der Waals surface area (Å²) < 4.78 is 5.84. The molecular weight excluding hydrogens is 340 g/mol. The molecule has 0 bridgehead atoms. The summed E-state index contributed by atoms with van der Waals surface area (Å²) in [7, 11) is 1.52. The van der Waals surface area contributed by atoms with Crippen LogP contribution < -0.4 is 15.4 Å². The number of carboxylic acid groups (broad SMARTS) is 1. The predicted molar refractivity (Wildman–Crippen MR) is 83.8 cm³/mol. The maximum atomic E-state index is 11.9. The Hall–Kier alpha value is -1.76. The Kier molecular flexibility index (Phi) is 7.01. The van der Waals surface area contributed by atoms with Crippen LogP contribution in [0.5, 0.6) is 5.75 Å². The maximum absolute atomic E-state index is 11.9. The second-order valence-corrected chi connectivity index (χ2v) is 5.43. The van der Waals surface area contributed by atoms with E-state index in [1.165, 1.54) is 7.11 Å². The fourth-order valence-corrected chi connectivity index (χ4v) is 2.22. The van der Waals surface area contributed by atoms with Gasteiger partial charge in [-0.15, -0.1) is 0 Å². The third kappa shape index (κ3) is 6.03. The number of methoxy groups -OCH3 is 1. The lowest BCUT2D eigenvalue weighted by Crippen LogP contribution is -2.42. The van der Waals surface area contributed by atoms with Gasteiger partial charge in [-0.25, -0.2) is 9.59 Å². The first-order valence-corrected chi connectivity index (χ1v) is 7.40. The third-order valence-electron chi connectivity index (χ3n) is 2.81. The van der Waals surface area contributed by atoms with Crippen molar-refractivity contribution in [2.24, 2.45) is 0 Å². The number of carboxylic acids is 1. The first-order chi connectivity index (χ1) is 9.96. The molecule has 6 nitrogen and oxygen atoms in total. The van der Waals surface area contributed by atoms with Crippen molar-refractivity contribution in [3.63, 3.8) is 0 Å². The van der Waals surface area contributed by atoms with Crippen LogP contribution in [0, 0.1) is 0 Å². The first-order valence-electron chi connectivity index (χ1n) is 6.61. The Morgan fingerprint density at radius 3 is 2.67 bits per heavy atom. The van der Waals surface area contributed by atoms with Crippen LogP contribution in [0.2, 0.25) is 0 Å². The van der Waals surface area contributed by atoms with Crippen molar-refractivity contribution < 1.29 is 19.4 Å². The fraction of sp³-hybridized carbons (Fsp3) is 0.429. The smallest absolute Gasteiger partial charge is 0.326 e. The number of aliphatic carboxylic acids is 1. The summed E-state index contributed by atoms with van der Waals surface area (Å²) in [6, 6.07) is 3.65. The monoisotopic (exact) mass is 358 g/mol. The SMILES string of the molecule is CCCCC(NC(=O)Nc1cc(Br)cc(OC)c1)C(=O)O. The maximum Gasteiger partial charge on any atom is 0.326 e. The van der Waals surface area contributed by atoms with Gasteiger partial charge in [0, 0.05) is 16.2 Å². The fourth-order valence-electron chi connectivity index (χ4n) is 1.74. The normalized spacial score (nSPS) is 11.6. The number of benzene rings is 1. The number of nitrogens with one attached hydrogen (secondary N) is 2. The summed E-state index contributed by atoms with van der Waals surface area (Å²) >= 11 is 3.31. The van der Waals surface area contributed by atoms with E-state index in [0.29, 0.717) is 17.9 Å². The molecule has 7 heteroatoms. The molecule has 1 aromatic rings. The number of halogens is 1. The van der Waals surface area contributed by atoms with Gasteiger partial charge in [-0.1, -0.05) is 35.7 Å². The number of urea groups is 1. The topological polar surface area (TPSA) is 87.7 Å². The minimum absolute atomic E-state index is 0.404. The van der Waals surface area contributed by atoms with E-state index < -0.39 is 18.0 Å². The Morgan fingerprint density at radius 1 is 1.38 bits per heavy atom. The first kappa shape index (κ1) is 17.3. The molecule has 1 aromatic carbocycles. The van der Waals surface area contributed by atoms with Gasteiger partial charge in [0.25, 0.3) is 0 Å². The van der Waals surface area contributed by atoms with Gasteiger partial charge in [-0.05, 0) is 18.6 Å². The van der Waals surface area contributed by atoms with E-state index >= 15 is 0 Å². The highest BCUT2D eigenvalue weighted by Crippen LogP contribution is 2.24. The Balaban J connectivity index is 2.67. The van der Waals surface area contributed by atoms with Crippen LogP contribution in [0.25, 0.3) is 0 Å². The second kappa shape index (κ2) is 8.51. The molecule has 0 fully saturated rings. The van der Waals surface area contributed by atoms with Gasteiger partial charge < -0.3 is 20.5 Å². The molecule has 3 N–H and O–H groups in total. The number of unbranched alkanes of at least 4 members (excludes halogenated alkanes) is 1. The highest BCUT2D eigenvalue weighted by molar-refractivity contribution is 9.10. The van der Waals surface area contributed by atoms with Crippen molar-refractivity contribution in [2.45, 2.75) is 32.2 Å².